The van der Waals surface area contributed by atoms with Crippen LogP contribution in [0.3, 0.4) is 0 Å². The number of anilines is 2. The lowest BCUT2D eigenvalue weighted by Gasteiger charge is -2.08. The summed E-state index contributed by atoms with van der Waals surface area (Å²) in [6, 6.07) is 4.82. The molecule has 0 saturated carbocycles. The highest BCUT2D eigenvalue weighted by Crippen LogP contribution is 2.23. The first-order chi connectivity index (χ1) is 7.88. The average molecular weight is 262 g/mol. The van der Waals surface area contributed by atoms with Crippen LogP contribution in [0, 0.1) is 0 Å². The average Bonchev–Trinajstić information content (AvgIpc) is 2.18. The zero-order valence-electron chi connectivity index (χ0n) is 9.00. The number of nitrogens with two attached hydrogens (primary N) is 2. The van der Waals surface area contributed by atoms with Gasteiger partial charge < -0.3 is 16.2 Å². The largest absolute Gasteiger partial charge is 0.491 e. The summed E-state index contributed by atoms with van der Waals surface area (Å²) >= 11 is 0. The van der Waals surface area contributed by atoms with Crippen LogP contribution in [0.1, 0.15) is 6.42 Å². The van der Waals surface area contributed by atoms with E-state index in [1.54, 1.807) is 18.2 Å². The van der Waals surface area contributed by atoms with Crippen molar-refractivity contribution in [2.24, 2.45) is 0 Å². The predicted octanol–water partition coefficient (Wildman–Crippen LogP) is 0.439. The maximum absolute atomic E-state index is 10.2. The van der Waals surface area contributed by atoms with E-state index in [1.807, 2.05) is 0 Å². The molecule has 0 aliphatic carbocycles. The normalized spacial score (nSPS) is 11.4. The van der Waals surface area contributed by atoms with E-state index < -0.39 is 10.4 Å². The first-order valence-corrected chi connectivity index (χ1v) is 6.14. The molecule has 0 radical (unpaired) electrons. The first-order valence-electron chi connectivity index (χ1n) is 4.78. The van der Waals surface area contributed by atoms with E-state index in [-0.39, 0.29) is 13.2 Å². The van der Waals surface area contributed by atoms with Gasteiger partial charge in [-0.05, 0) is 18.2 Å². The Labute approximate surface area is 99.3 Å². The highest BCUT2D eigenvalue weighted by molar-refractivity contribution is 7.80. The van der Waals surface area contributed by atoms with Crippen molar-refractivity contribution in [1.29, 1.82) is 0 Å². The maximum atomic E-state index is 10.2. The van der Waals surface area contributed by atoms with E-state index in [2.05, 4.69) is 4.18 Å². The highest BCUT2D eigenvalue weighted by Gasteiger charge is 2.04. The molecule has 0 amide bonds. The molecule has 5 N–H and O–H groups in total. The molecule has 0 spiro atoms. The molecule has 0 aromatic heterocycles. The predicted molar refractivity (Wildman–Crippen MR) is 62.9 cm³/mol. The van der Waals surface area contributed by atoms with Crippen LogP contribution in [0.4, 0.5) is 11.4 Å². The van der Waals surface area contributed by atoms with Crippen molar-refractivity contribution in [3.8, 4) is 5.75 Å². The van der Waals surface area contributed by atoms with Crippen molar-refractivity contribution in [2.45, 2.75) is 6.42 Å². The SMILES string of the molecule is Nc1ccc(OCCCOS(=O)(=O)O)c(N)c1. The van der Waals surface area contributed by atoms with E-state index in [4.69, 9.17) is 20.8 Å². The summed E-state index contributed by atoms with van der Waals surface area (Å²) in [5.41, 5.74) is 12.1. The molecule has 96 valence electrons. The van der Waals surface area contributed by atoms with Gasteiger partial charge in [0.15, 0.2) is 0 Å². The first kappa shape index (κ1) is 13.6. The molecule has 1 rings (SSSR count). The fourth-order valence-corrected chi connectivity index (χ4v) is 1.43. The summed E-state index contributed by atoms with van der Waals surface area (Å²) in [5.74, 6) is 0.464. The molecule has 0 bridgehead atoms. The van der Waals surface area contributed by atoms with Crippen LogP contribution in [0.15, 0.2) is 18.2 Å². The highest BCUT2D eigenvalue weighted by atomic mass is 32.3. The summed E-state index contributed by atoms with van der Waals surface area (Å²) in [6.45, 7) is 0.0529. The second-order valence-electron chi connectivity index (χ2n) is 3.25. The van der Waals surface area contributed by atoms with Crippen LogP contribution >= 0.6 is 0 Å². The van der Waals surface area contributed by atoms with Crippen LogP contribution in [0.5, 0.6) is 5.75 Å². The van der Waals surface area contributed by atoms with Crippen molar-refractivity contribution in [3.63, 3.8) is 0 Å². The topological polar surface area (TPSA) is 125 Å². The van der Waals surface area contributed by atoms with Crippen LogP contribution in [-0.4, -0.2) is 26.2 Å². The minimum Gasteiger partial charge on any atom is -0.491 e. The standard InChI is InChI=1S/C9H14N2O5S/c10-7-2-3-9(8(11)6-7)15-4-1-5-16-17(12,13)14/h2-3,6H,1,4-5,10-11H2,(H,12,13,14). The number of rotatable bonds is 6. The molecule has 0 aliphatic heterocycles. The smallest absolute Gasteiger partial charge is 0.397 e. The molecule has 17 heavy (non-hydrogen) atoms. The molecular formula is C9H14N2O5S. The van der Waals surface area contributed by atoms with Gasteiger partial charge in [-0.15, -0.1) is 0 Å². The van der Waals surface area contributed by atoms with Crippen LogP contribution in [0.25, 0.3) is 0 Å². The molecule has 0 saturated heterocycles. The zero-order valence-corrected chi connectivity index (χ0v) is 9.81. The van der Waals surface area contributed by atoms with E-state index in [9.17, 15) is 8.42 Å². The Kier molecular flexibility index (Phi) is 4.55. The Morgan fingerprint density at radius 3 is 2.53 bits per heavy atom. The van der Waals surface area contributed by atoms with Gasteiger partial charge in [0.05, 0.1) is 18.9 Å². The van der Waals surface area contributed by atoms with Crippen molar-refractivity contribution in [3.05, 3.63) is 18.2 Å². The maximum Gasteiger partial charge on any atom is 0.397 e. The van der Waals surface area contributed by atoms with Crippen molar-refractivity contribution < 1.29 is 21.9 Å². The third kappa shape index (κ3) is 5.38. The Morgan fingerprint density at radius 1 is 1.24 bits per heavy atom. The quantitative estimate of drug-likeness (QED) is 0.386. The van der Waals surface area contributed by atoms with Crippen molar-refractivity contribution >= 4 is 21.8 Å². The molecule has 0 atom stereocenters. The number of hydrogen-bond acceptors (Lipinski definition) is 6. The third-order valence-corrected chi connectivity index (χ3v) is 2.28. The van der Waals surface area contributed by atoms with Crippen LogP contribution in [-0.2, 0) is 14.6 Å². The van der Waals surface area contributed by atoms with Crippen molar-refractivity contribution in [1.82, 2.24) is 0 Å². The fourth-order valence-electron chi connectivity index (χ4n) is 1.10. The summed E-state index contributed by atoms with van der Waals surface area (Å²) < 4.78 is 38.1. The van der Waals surface area contributed by atoms with Gasteiger partial charge in [0.25, 0.3) is 0 Å². The minimum absolute atomic E-state index is 0.159. The Morgan fingerprint density at radius 2 is 1.94 bits per heavy atom. The van der Waals surface area contributed by atoms with E-state index >= 15 is 0 Å². The summed E-state index contributed by atoms with van der Waals surface area (Å²) in [7, 11) is -4.38. The molecule has 7 nitrogen and oxygen atoms in total. The second kappa shape index (κ2) is 5.71. The van der Waals surface area contributed by atoms with Gasteiger partial charge in [-0.25, -0.2) is 4.18 Å². The lowest BCUT2D eigenvalue weighted by molar-refractivity contribution is 0.230. The fraction of sp³-hybridized carbons (Fsp3) is 0.333. The number of benzene rings is 1. The zero-order chi connectivity index (χ0) is 12.9. The molecule has 0 unspecified atom stereocenters. The molecule has 0 heterocycles. The Hall–Kier alpha value is -1.51. The van der Waals surface area contributed by atoms with E-state index in [1.165, 1.54) is 0 Å². The van der Waals surface area contributed by atoms with Gasteiger partial charge in [0.1, 0.15) is 5.75 Å². The molecule has 0 fully saturated rings. The lowest BCUT2D eigenvalue weighted by atomic mass is 10.2. The van der Waals surface area contributed by atoms with Crippen LogP contribution in [0.2, 0.25) is 0 Å². The molecule has 1 aromatic carbocycles. The van der Waals surface area contributed by atoms with E-state index in [0.717, 1.165) is 0 Å². The second-order valence-corrected chi connectivity index (χ2v) is 4.34. The summed E-state index contributed by atoms with van der Waals surface area (Å²) in [4.78, 5) is 0. The van der Waals surface area contributed by atoms with Crippen molar-refractivity contribution in [2.75, 3.05) is 24.7 Å². The molecule has 8 heteroatoms. The minimum atomic E-state index is -4.38. The number of hydrogen-bond donors (Lipinski definition) is 3. The Balaban J connectivity index is 2.32. The lowest BCUT2D eigenvalue weighted by Crippen LogP contribution is -2.08. The van der Waals surface area contributed by atoms with Gasteiger partial charge in [0.2, 0.25) is 0 Å². The van der Waals surface area contributed by atoms with Crippen LogP contribution < -0.4 is 16.2 Å². The molecule has 1 aromatic rings. The summed E-state index contributed by atoms with van der Waals surface area (Å²) in [5, 5.41) is 0. The Bertz CT molecular complexity index is 474. The monoisotopic (exact) mass is 262 g/mol. The van der Waals surface area contributed by atoms with Gasteiger partial charge in [-0.1, -0.05) is 0 Å². The van der Waals surface area contributed by atoms with Gasteiger partial charge in [-0.2, -0.15) is 8.42 Å². The van der Waals surface area contributed by atoms with Gasteiger partial charge in [-0.3, -0.25) is 4.55 Å². The third-order valence-electron chi connectivity index (χ3n) is 1.81. The molecular weight excluding hydrogens is 248 g/mol. The molecule has 0 aliphatic rings. The van der Waals surface area contributed by atoms with Gasteiger partial charge in [0, 0.05) is 12.1 Å². The number of ether oxygens (including phenoxy) is 1. The van der Waals surface area contributed by atoms with Gasteiger partial charge >= 0.3 is 10.4 Å². The van der Waals surface area contributed by atoms with E-state index in [0.29, 0.717) is 23.5 Å². The number of nitrogen functional groups attached to an aromatic ring is 2. The summed E-state index contributed by atoms with van der Waals surface area (Å²) in [6.07, 6.45) is 0.295.